The number of rotatable bonds is 5. The zero-order chi connectivity index (χ0) is 11.5. The summed E-state index contributed by atoms with van der Waals surface area (Å²) in [5, 5.41) is 0. The Balaban J connectivity index is 5.22. The molecule has 0 nitrogen and oxygen atoms in total. The van der Waals surface area contributed by atoms with Gasteiger partial charge in [-0.15, -0.1) is 0 Å². The molecule has 0 rings (SSSR count). The highest BCUT2D eigenvalue weighted by Crippen LogP contribution is 2.12. The zero-order valence-corrected chi connectivity index (χ0v) is 10.3. The van der Waals surface area contributed by atoms with Crippen LogP contribution in [0, 0.1) is 0 Å². The van der Waals surface area contributed by atoms with Gasteiger partial charge in [0.1, 0.15) is 0 Å². The normalized spacial score (nSPS) is 12.5. The Hall–Kier alpha value is -1.30. The first-order valence-corrected chi connectivity index (χ1v) is 5.59. The molecule has 15 heavy (non-hydrogen) atoms. The van der Waals surface area contributed by atoms with E-state index in [2.05, 4.69) is 55.5 Å². The zero-order valence-electron chi connectivity index (χ0n) is 10.3. The van der Waals surface area contributed by atoms with Crippen molar-refractivity contribution in [3.63, 3.8) is 0 Å². The van der Waals surface area contributed by atoms with Crippen molar-refractivity contribution in [1.29, 1.82) is 0 Å². The fourth-order valence-electron chi connectivity index (χ4n) is 1.28. The predicted molar refractivity (Wildman–Crippen MR) is 70.9 cm³/mol. The lowest BCUT2D eigenvalue weighted by Gasteiger charge is -2.00. The van der Waals surface area contributed by atoms with Crippen LogP contribution in [-0.4, -0.2) is 0 Å². The molecule has 0 saturated carbocycles. The Bertz CT molecular complexity index is 282. The molecule has 0 spiro atoms. The first kappa shape index (κ1) is 13.7. The molecular formula is C15H22. The average Bonchev–Trinajstić information content (AvgIpc) is 2.24. The summed E-state index contributed by atoms with van der Waals surface area (Å²) in [6.45, 7) is 8.28. The van der Waals surface area contributed by atoms with Gasteiger partial charge in [0.25, 0.3) is 0 Å². The molecule has 0 fully saturated rings. The summed E-state index contributed by atoms with van der Waals surface area (Å²) >= 11 is 0. The van der Waals surface area contributed by atoms with E-state index < -0.39 is 0 Å². The SMILES string of the molecule is C/C=C\C(/C=C\C)=C(/C=C\C)/C=C\CC. The third-order valence-electron chi connectivity index (χ3n) is 1.91. The molecular weight excluding hydrogens is 180 g/mol. The molecule has 0 aliphatic rings. The summed E-state index contributed by atoms with van der Waals surface area (Å²) in [7, 11) is 0. The highest BCUT2D eigenvalue weighted by molar-refractivity contribution is 5.46. The van der Waals surface area contributed by atoms with Gasteiger partial charge < -0.3 is 0 Å². The molecule has 0 aromatic heterocycles. The van der Waals surface area contributed by atoms with Crippen LogP contribution in [0.3, 0.4) is 0 Å². The van der Waals surface area contributed by atoms with E-state index in [1.165, 1.54) is 11.1 Å². The minimum atomic E-state index is 1.07. The molecule has 0 heteroatoms. The lowest BCUT2D eigenvalue weighted by Crippen LogP contribution is -1.80. The molecule has 0 aromatic carbocycles. The molecule has 0 bridgehead atoms. The number of allylic oxidation sites excluding steroid dienone is 10. The maximum atomic E-state index is 2.18. The van der Waals surface area contributed by atoms with Gasteiger partial charge in [0.15, 0.2) is 0 Å². The molecule has 0 aromatic rings. The van der Waals surface area contributed by atoms with Crippen LogP contribution in [0.15, 0.2) is 59.8 Å². The summed E-state index contributed by atoms with van der Waals surface area (Å²) in [6, 6.07) is 0. The quantitative estimate of drug-likeness (QED) is 0.552. The minimum Gasteiger partial charge on any atom is -0.0870 e. The van der Waals surface area contributed by atoms with Gasteiger partial charge in [-0.3, -0.25) is 0 Å². The second-order valence-corrected chi connectivity index (χ2v) is 3.22. The van der Waals surface area contributed by atoms with Crippen molar-refractivity contribution in [2.45, 2.75) is 34.1 Å². The Morgan fingerprint density at radius 3 is 1.47 bits per heavy atom. The third kappa shape index (κ3) is 5.90. The molecule has 0 unspecified atom stereocenters. The monoisotopic (exact) mass is 202 g/mol. The Labute approximate surface area is 94.4 Å². The number of hydrogen-bond donors (Lipinski definition) is 0. The van der Waals surface area contributed by atoms with Gasteiger partial charge in [0.05, 0.1) is 0 Å². The van der Waals surface area contributed by atoms with E-state index in [4.69, 9.17) is 0 Å². The molecule has 0 aliphatic carbocycles. The molecule has 0 atom stereocenters. The van der Waals surface area contributed by atoms with Gasteiger partial charge >= 0.3 is 0 Å². The molecule has 0 aliphatic heterocycles. The largest absolute Gasteiger partial charge is 0.0870 e. The van der Waals surface area contributed by atoms with Crippen LogP contribution in [-0.2, 0) is 0 Å². The maximum absolute atomic E-state index is 2.18. The lowest BCUT2D eigenvalue weighted by molar-refractivity contribution is 1.22. The van der Waals surface area contributed by atoms with E-state index in [-0.39, 0.29) is 0 Å². The third-order valence-corrected chi connectivity index (χ3v) is 1.91. The van der Waals surface area contributed by atoms with E-state index in [0.29, 0.717) is 0 Å². The van der Waals surface area contributed by atoms with Crippen molar-refractivity contribution in [1.82, 2.24) is 0 Å². The molecule has 0 heterocycles. The van der Waals surface area contributed by atoms with E-state index >= 15 is 0 Å². The van der Waals surface area contributed by atoms with Gasteiger partial charge in [-0.25, -0.2) is 0 Å². The molecule has 0 amide bonds. The summed E-state index contributed by atoms with van der Waals surface area (Å²) in [6.07, 6.45) is 18.0. The van der Waals surface area contributed by atoms with Gasteiger partial charge in [-0.1, -0.05) is 55.5 Å². The molecule has 0 radical (unpaired) electrons. The summed E-state index contributed by atoms with van der Waals surface area (Å²) in [5.41, 5.74) is 2.51. The van der Waals surface area contributed by atoms with Crippen molar-refractivity contribution in [2.75, 3.05) is 0 Å². The lowest BCUT2D eigenvalue weighted by atomic mass is 10.1. The van der Waals surface area contributed by atoms with Gasteiger partial charge in [0.2, 0.25) is 0 Å². The molecule has 0 saturated heterocycles. The topological polar surface area (TPSA) is 0 Å². The van der Waals surface area contributed by atoms with Crippen molar-refractivity contribution >= 4 is 0 Å². The smallest absolute Gasteiger partial charge is 0.0191 e. The molecule has 82 valence electrons. The number of hydrogen-bond acceptors (Lipinski definition) is 0. The summed E-state index contributed by atoms with van der Waals surface area (Å²) < 4.78 is 0. The highest BCUT2D eigenvalue weighted by atomic mass is 14.0. The summed E-state index contributed by atoms with van der Waals surface area (Å²) in [5.74, 6) is 0. The van der Waals surface area contributed by atoms with Crippen LogP contribution in [0.2, 0.25) is 0 Å². The van der Waals surface area contributed by atoms with Crippen molar-refractivity contribution < 1.29 is 0 Å². The van der Waals surface area contributed by atoms with Crippen LogP contribution in [0.1, 0.15) is 34.1 Å². The van der Waals surface area contributed by atoms with Crippen LogP contribution in [0.4, 0.5) is 0 Å². The van der Waals surface area contributed by atoms with E-state index in [1.807, 2.05) is 20.8 Å². The van der Waals surface area contributed by atoms with Crippen LogP contribution in [0.25, 0.3) is 0 Å². The highest BCUT2D eigenvalue weighted by Gasteiger charge is 1.92. The van der Waals surface area contributed by atoms with E-state index in [1.54, 1.807) is 0 Å². The van der Waals surface area contributed by atoms with Crippen LogP contribution in [0.5, 0.6) is 0 Å². The standard InChI is InChI=1S/C15H22/c1-5-9-13-15(12-8-4)14(10-6-2)11-7-3/h6-13H,5H2,1-4H3/b10-6-,11-7-,12-8-,13-9-. The molecule has 0 N–H and O–H groups in total. The predicted octanol–water partition coefficient (Wildman–Crippen LogP) is 4.98. The van der Waals surface area contributed by atoms with Crippen LogP contribution < -0.4 is 0 Å². The fourth-order valence-corrected chi connectivity index (χ4v) is 1.28. The Morgan fingerprint density at radius 1 is 0.733 bits per heavy atom. The van der Waals surface area contributed by atoms with Gasteiger partial charge in [-0.05, 0) is 38.3 Å². The van der Waals surface area contributed by atoms with Crippen LogP contribution >= 0.6 is 0 Å². The van der Waals surface area contributed by atoms with E-state index in [0.717, 1.165) is 6.42 Å². The first-order valence-electron chi connectivity index (χ1n) is 5.59. The summed E-state index contributed by atoms with van der Waals surface area (Å²) in [4.78, 5) is 0. The minimum absolute atomic E-state index is 1.07. The first-order chi connectivity index (χ1) is 7.29. The fraction of sp³-hybridized carbons (Fsp3) is 0.333. The van der Waals surface area contributed by atoms with Crippen molar-refractivity contribution in [3.8, 4) is 0 Å². The Kier molecular flexibility index (Phi) is 8.46. The van der Waals surface area contributed by atoms with Gasteiger partial charge in [0, 0.05) is 0 Å². The second kappa shape index (κ2) is 9.26. The van der Waals surface area contributed by atoms with Crippen molar-refractivity contribution in [3.05, 3.63) is 59.8 Å². The van der Waals surface area contributed by atoms with E-state index in [9.17, 15) is 0 Å². The second-order valence-electron chi connectivity index (χ2n) is 3.22. The Morgan fingerprint density at radius 2 is 1.13 bits per heavy atom. The average molecular weight is 202 g/mol. The maximum Gasteiger partial charge on any atom is -0.0191 e. The van der Waals surface area contributed by atoms with Gasteiger partial charge in [-0.2, -0.15) is 0 Å². The van der Waals surface area contributed by atoms with Crippen molar-refractivity contribution in [2.24, 2.45) is 0 Å².